The first-order valence-corrected chi connectivity index (χ1v) is 10.0. The average Bonchev–Trinajstić information content (AvgIpc) is 2.69. The molecule has 1 fully saturated rings. The van der Waals surface area contributed by atoms with Crippen LogP contribution in [0, 0.1) is 5.92 Å². The molecule has 1 aliphatic heterocycles. The van der Waals surface area contributed by atoms with Gasteiger partial charge in [0.15, 0.2) is 0 Å². The molecule has 0 atom stereocenters. The van der Waals surface area contributed by atoms with Gasteiger partial charge in [0, 0.05) is 18.3 Å². The zero-order valence-electron chi connectivity index (χ0n) is 16.5. The molecule has 0 aliphatic carbocycles. The Balaban J connectivity index is 1.37. The Morgan fingerprint density at radius 3 is 2.14 bits per heavy atom. The van der Waals surface area contributed by atoms with Gasteiger partial charge in [-0.3, -0.25) is 14.5 Å². The molecule has 1 heterocycles. The lowest BCUT2D eigenvalue weighted by Gasteiger charge is -2.31. The fraction of sp³-hybridized carbons (Fsp3) is 0.391. The number of hydrogen-bond donors (Lipinski definition) is 2. The normalized spacial score (nSPS) is 15.2. The fourth-order valence-electron chi connectivity index (χ4n) is 3.69. The first-order chi connectivity index (χ1) is 13.6. The molecule has 5 nitrogen and oxygen atoms in total. The number of aryl methyl sites for hydroxylation is 1. The smallest absolute Gasteiger partial charge is 0.238 e. The molecule has 0 bridgehead atoms. The zero-order chi connectivity index (χ0) is 19.8. The molecular formula is C23H29N3O2. The Hall–Kier alpha value is -2.66. The van der Waals surface area contributed by atoms with Gasteiger partial charge < -0.3 is 10.6 Å². The van der Waals surface area contributed by atoms with E-state index in [1.807, 2.05) is 0 Å². The molecule has 5 heteroatoms. The van der Waals surface area contributed by atoms with Gasteiger partial charge in [0.25, 0.3) is 0 Å². The average molecular weight is 380 g/mol. The molecule has 3 rings (SSSR count). The van der Waals surface area contributed by atoms with Gasteiger partial charge in [-0.25, -0.2) is 0 Å². The number of likely N-dealkylation sites (tertiary alicyclic amines) is 1. The predicted molar refractivity (Wildman–Crippen MR) is 113 cm³/mol. The number of rotatable bonds is 7. The maximum absolute atomic E-state index is 12.3. The van der Waals surface area contributed by atoms with Crippen molar-refractivity contribution >= 4 is 23.2 Å². The number of amides is 2. The van der Waals surface area contributed by atoms with Crippen LogP contribution in [0.1, 0.15) is 31.7 Å². The number of carbonyl (C=O) groups excluding carboxylic acids is 2. The topological polar surface area (TPSA) is 61.4 Å². The maximum Gasteiger partial charge on any atom is 0.238 e. The Bertz CT molecular complexity index is 766. The molecule has 0 spiro atoms. The molecule has 0 unspecified atom stereocenters. The lowest BCUT2D eigenvalue weighted by Crippen LogP contribution is -2.39. The lowest BCUT2D eigenvalue weighted by molar-refractivity contribution is -0.117. The second-order valence-corrected chi connectivity index (χ2v) is 7.55. The highest BCUT2D eigenvalue weighted by Gasteiger charge is 2.20. The van der Waals surface area contributed by atoms with Crippen LogP contribution in [-0.2, 0) is 16.0 Å². The summed E-state index contributed by atoms with van der Waals surface area (Å²) in [7, 11) is 0. The van der Waals surface area contributed by atoms with Crippen LogP contribution in [0.5, 0.6) is 0 Å². The third-order valence-electron chi connectivity index (χ3n) is 5.25. The standard InChI is InChI=1S/C23H29N3O2/c1-18(27)24-21-9-11-22(12-10-21)25-23(28)17-26-15-13-20(14-16-26)8-7-19-5-3-2-4-6-19/h2-6,9-12,20H,7-8,13-17H2,1H3,(H,24,27)(H,25,28). The van der Waals surface area contributed by atoms with E-state index in [1.165, 1.54) is 18.9 Å². The van der Waals surface area contributed by atoms with E-state index in [0.29, 0.717) is 6.54 Å². The number of carbonyl (C=O) groups is 2. The first kappa shape index (κ1) is 20.1. The quantitative estimate of drug-likeness (QED) is 0.766. The van der Waals surface area contributed by atoms with Crippen LogP contribution >= 0.6 is 0 Å². The molecule has 0 saturated carbocycles. The fourth-order valence-corrected chi connectivity index (χ4v) is 3.69. The lowest BCUT2D eigenvalue weighted by atomic mass is 9.90. The van der Waals surface area contributed by atoms with Gasteiger partial charge in [-0.2, -0.15) is 0 Å². The van der Waals surface area contributed by atoms with Crippen LogP contribution in [0.15, 0.2) is 54.6 Å². The summed E-state index contributed by atoms with van der Waals surface area (Å²) in [6.07, 6.45) is 4.68. The number of nitrogens with zero attached hydrogens (tertiary/aromatic N) is 1. The van der Waals surface area contributed by atoms with Crippen molar-refractivity contribution in [3.63, 3.8) is 0 Å². The first-order valence-electron chi connectivity index (χ1n) is 10.0. The van der Waals surface area contributed by atoms with Crippen LogP contribution in [0.4, 0.5) is 11.4 Å². The second kappa shape index (κ2) is 10.0. The summed E-state index contributed by atoms with van der Waals surface area (Å²) in [4.78, 5) is 25.6. The number of anilines is 2. The van der Waals surface area contributed by atoms with E-state index in [-0.39, 0.29) is 11.8 Å². The molecule has 148 valence electrons. The minimum Gasteiger partial charge on any atom is -0.326 e. The van der Waals surface area contributed by atoms with E-state index >= 15 is 0 Å². The molecule has 2 aromatic rings. The van der Waals surface area contributed by atoms with Crippen molar-refractivity contribution in [2.75, 3.05) is 30.3 Å². The number of nitrogens with one attached hydrogen (secondary N) is 2. The monoisotopic (exact) mass is 379 g/mol. The number of benzene rings is 2. The van der Waals surface area contributed by atoms with Crippen LogP contribution in [-0.4, -0.2) is 36.3 Å². The number of hydrogen-bond acceptors (Lipinski definition) is 3. The van der Waals surface area contributed by atoms with Crippen LogP contribution in [0.3, 0.4) is 0 Å². The van der Waals surface area contributed by atoms with E-state index < -0.39 is 0 Å². The van der Waals surface area contributed by atoms with Crippen molar-refractivity contribution in [1.29, 1.82) is 0 Å². The van der Waals surface area contributed by atoms with Crippen molar-refractivity contribution in [1.82, 2.24) is 4.90 Å². The van der Waals surface area contributed by atoms with Crippen LogP contribution in [0.25, 0.3) is 0 Å². The minimum atomic E-state index is -0.107. The summed E-state index contributed by atoms with van der Waals surface area (Å²) in [6, 6.07) is 17.8. The summed E-state index contributed by atoms with van der Waals surface area (Å²) >= 11 is 0. The Morgan fingerprint density at radius 2 is 1.54 bits per heavy atom. The van der Waals surface area contributed by atoms with Gasteiger partial charge in [0.1, 0.15) is 0 Å². The Labute approximate surface area is 167 Å². The zero-order valence-corrected chi connectivity index (χ0v) is 16.5. The SMILES string of the molecule is CC(=O)Nc1ccc(NC(=O)CN2CCC(CCc3ccccc3)CC2)cc1. The van der Waals surface area contributed by atoms with Crippen LogP contribution in [0.2, 0.25) is 0 Å². The molecular weight excluding hydrogens is 350 g/mol. The van der Waals surface area contributed by atoms with Gasteiger partial charge in [0.2, 0.25) is 11.8 Å². The van der Waals surface area contributed by atoms with E-state index in [2.05, 4.69) is 45.9 Å². The van der Waals surface area contributed by atoms with Crippen molar-refractivity contribution in [2.24, 2.45) is 5.92 Å². The van der Waals surface area contributed by atoms with Crippen molar-refractivity contribution < 1.29 is 9.59 Å². The summed E-state index contributed by atoms with van der Waals surface area (Å²) in [5, 5.41) is 5.65. The van der Waals surface area contributed by atoms with E-state index in [0.717, 1.165) is 49.6 Å². The summed E-state index contributed by atoms with van der Waals surface area (Å²) < 4.78 is 0. The van der Waals surface area contributed by atoms with Gasteiger partial charge in [-0.1, -0.05) is 30.3 Å². The van der Waals surface area contributed by atoms with E-state index in [9.17, 15) is 9.59 Å². The minimum absolute atomic E-state index is 0.00927. The summed E-state index contributed by atoms with van der Waals surface area (Å²) in [5.41, 5.74) is 2.88. The maximum atomic E-state index is 12.3. The van der Waals surface area contributed by atoms with E-state index in [4.69, 9.17) is 0 Å². The van der Waals surface area contributed by atoms with Crippen LogP contribution < -0.4 is 10.6 Å². The Morgan fingerprint density at radius 1 is 0.929 bits per heavy atom. The molecule has 2 aromatic carbocycles. The van der Waals surface area contributed by atoms with Gasteiger partial charge in [-0.05, 0) is 74.5 Å². The molecule has 2 amide bonds. The van der Waals surface area contributed by atoms with Gasteiger partial charge >= 0.3 is 0 Å². The molecule has 1 saturated heterocycles. The highest BCUT2D eigenvalue weighted by atomic mass is 16.2. The highest BCUT2D eigenvalue weighted by Crippen LogP contribution is 2.22. The molecule has 0 aromatic heterocycles. The predicted octanol–water partition coefficient (Wildman–Crippen LogP) is 3.93. The van der Waals surface area contributed by atoms with Crippen molar-refractivity contribution in [3.05, 3.63) is 60.2 Å². The molecule has 2 N–H and O–H groups in total. The van der Waals surface area contributed by atoms with Crippen molar-refractivity contribution in [2.45, 2.75) is 32.6 Å². The highest BCUT2D eigenvalue weighted by molar-refractivity contribution is 5.93. The van der Waals surface area contributed by atoms with Gasteiger partial charge in [0.05, 0.1) is 6.54 Å². The number of piperidine rings is 1. The molecule has 28 heavy (non-hydrogen) atoms. The van der Waals surface area contributed by atoms with E-state index in [1.54, 1.807) is 24.3 Å². The second-order valence-electron chi connectivity index (χ2n) is 7.55. The third-order valence-corrected chi connectivity index (χ3v) is 5.25. The van der Waals surface area contributed by atoms with Crippen molar-refractivity contribution in [3.8, 4) is 0 Å². The molecule has 1 aliphatic rings. The summed E-state index contributed by atoms with van der Waals surface area (Å²) in [6.45, 7) is 3.86. The largest absolute Gasteiger partial charge is 0.326 e. The Kier molecular flexibility index (Phi) is 7.20. The third kappa shape index (κ3) is 6.50. The summed E-state index contributed by atoms with van der Waals surface area (Å²) in [5.74, 6) is 0.653. The molecule has 0 radical (unpaired) electrons. The van der Waals surface area contributed by atoms with Gasteiger partial charge in [-0.15, -0.1) is 0 Å².